The van der Waals surface area contributed by atoms with Gasteiger partial charge < -0.3 is 9.80 Å². The summed E-state index contributed by atoms with van der Waals surface area (Å²) in [6.07, 6.45) is 8.62. The summed E-state index contributed by atoms with van der Waals surface area (Å²) >= 11 is 0. The fourth-order valence-electron chi connectivity index (χ4n) is 11.2. The van der Waals surface area contributed by atoms with Crippen LogP contribution in [0.1, 0.15) is 70.2 Å². The SMILES string of the molecule is c1ccc2c(c1)Cc1c-2cccc1N(CCCCCCN(c1cccc2c1Cc1ccccc1-2)c1cccc2c1Cc1ccccc1-2)c1cccc2c1Cc1ccccc1-2. The number of rotatable bonds is 11. The Hall–Kier alpha value is -6.64. The zero-order chi connectivity index (χ0) is 39.6. The van der Waals surface area contributed by atoms with Crippen LogP contribution < -0.4 is 9.80 Å². The van der Waals surface area contributed by atoms with Crippen LogP contribution in [0, 0.1) is 0 Å². The third kappa shape index (κ3) is 5.76. The van der Waals surface area contributed by atoms with Gasteiger partial charge in [0, 0.05) is 61.5 Å². The van der Waals surface area contributed by atoms with Crippen molar-refractivity contribution in [1.29, 1.82) is 0 Å². The number of fused-ring (bicyclic) bond motifs is 12. The number of hydrogen-bond acceptors (Lipinski definition) is 2. The highest BCUT2D eigenvalue weighted by Crippen LogP contribution is 2.49. The summed E-state index contributed by atoms with van der Waals surface area (Å²) in [5.41, 5.74) is 28.3. The fourth-order valence-corrected chi connectivity index (χ4v) is 11.2. The molecule has 2 nitrogen and oxygen atoms in total. The maximum Gasteiger partial charge on any atom is 0.0453 e. The highest BCUT2D eigenvalue weighted by atomic mass is 15.1. The molecule has 0 saturated carbocycles. The van der Waals surface area contributed by atoms with Gasteiger partial charge in [-0.1, -0.05) is 158 Å². The second-order valence-corrected chi connectivity index (χ2v) is 17.3. The first kappa shape index (κ1) is 35.3. The number of hydrogen-bond donors (Lipinski definition) is 0. The van der Waals surface area contributed by atoms with Crippen molar-refractivity contribution in [1.82, 2.24) is 0 Å². The molecule has 0 atom stereocenters. The van der Waals surface area contributed by atoms with Crippen LogP contribution in [0.25, 0.3) is 44.5 Å². The van der Waals surface area contributed by atoms with Crippen molar-refractivity contribution in [3.8, 4) is 44.5 Å². The molecule has 0 heterocycles. The van der Waals surface area contributed by atoms with Gasteiger partial charge in [0.15, 0.2) is 0 Å². The van der Waals surface area contributed by atoms with E-state index in [1.807, 2.05) is 0 Å². The van der Waals surface area contributed by atoms with Gasteiger partial charge >= 0.3 is 0 Å². The van der Waals surface area contributed by atoms with E-state index in [0.29, 0.717) is 0 Å². The monoisotopic (exact) mass is 772 g/mol. The molecule has 4 aliphatic carbocycles. The first-order valence-corrected chi connectivity index (χ1v) is 22.1. The van der Waals surface area contributed by atoms with Crippen LogP contribution in [0.4, 0.5) is 22.7 Å². The summed E-state index contributed by atoms with van der Waals surface area (Å²) < 4.78 is 0. The topological polar surface area (TPSA) is 6.48 Å². The lowest BCUT2D eigenvalue weighted by Gasteiger charge is -2.30. The molecule has 60 heavy (non-hydrogen) atoms. The Balaban J connectivity index is 0.832. The Bertz CT molecular complexity index is 2570. The summed E-state index contributed by atoms with van der Waals surface area (Å²) in [5.74, 6) is 0. The van der Waals surface area contributed by atoms with E-state index in [0.717, 1.165) is 51.6 Å². The van der Waals surface area contributed by atoms with Crippen molar-refractivity contribution in [2.45, 2.75) is 51.4 Å². The summed E-state index contributed by atoms with van der Waals surface area (Å²) in [5, 5.41) is 0. The average molecular weight is 773 g/mol. The Labute approximate surface area is 354 Å². The molecule has 0 fully saturated rings. The number of benzene rings is 8. The van der Waals surface area contributed by atoms with Gasteiger partial charge in [-0.15, -0.1) is 0 Å². The van der Waals surface area contributed by atoms with E-state index < -0.39 is 0 Å². The van der Waals surface area contributed by atoms with Crippen LogP contribution in [0.3, 0.4) is 0 Å². The smallest absolute Gasteiger partial charge is 0.0453 e. The van der Waals surface area contributed by atoms with Gasteiger partial charge in [-0.05, 0) is 126 Å². The van der Waals surface area contributed by atoms with E-state index >= 15 is 0 Å². The van der Waals surface area contributed by atoms with Crippen molar-refractivity contribution >= 4 is 22.7 Å². The highest BCUT2D eigenvalue weighted by molar-refractivity contribution is 5.90. The van der Waals surface area contributed by atoms with Crippen LogP contribution in [-0.2, 0) is 25.7 Å². The van der Waals surface area contributed by atoms with E-state index in [-0.39, 0.29) is 0 Å². The van der Waals surface area contributed by atoms with Crippen LogP contribution >= 0.6 is 0 Å². The Morgan fingerprint density at radius 1 is 0.250 bits per heavy atom. The quantitative estimate of drug-likeness (QED) is 0.121. The zero-order valence-electron chi connectivity index (χ0n) is 34.1. The first-order valence-electron chi connectivity index (χ1n) is 22.1. The van der Waals surface area contributed by atoms with Crippen molar-refractivity contribution in [3.05, 3.63) is 214 Å². The molecule has 290 valence electrons. The third-order valence-electron chi connectivity index (χ3n) is 14.0. The van der Waals surface area contributed by atoms with Crippen LogP contribution in [0.2, 0.25) is 0 Å². The highest BCUT2D eigenvalue weighted by Gasteiger charge is 2.30. The predicted molar refractivity (Wildman–Crippen MR) is 251 cm³/mol. The fraction of sp³-hybridized carbons (Fsp3) is 0.172. The van der Waals surface area contributed by atoms with Gasteiger partial charge in [0.05, 0.1) is 0 Å². The molecular formula is C58H48N2. The van der Waals surface area contributed by atoms with Gasteiger partial charge in [-0.25, -0.2) is 0 Å². The van der Waals surface area contributed by atoms with E-state index in [2.05, 4.69) is 180 Å². The number of anilines is 4. The minimum Gasteiger partial charge on any atom is -0.341 e. The van der Waals surface area contributed by atoms with Crippen LogP contribution in [0.15, 0.2) is 170 Å². The maximum absolute atomic E-state index is 2.69. The van der Waals surface area contributed by atoms with Crippen molar-refractivity contribution < 1.29 is 0 Å². The molecule has 0 unspecified atom stereocenters. The van der Waals surface area contributed by atoms with Crippen molar-refractivity contribution in [3.63, 3.8) is 0 Å². The largest absolute Gasteiger partial charge is 0.341 e. The number of nitrogens with zero attached hydrogens (tertiary/aromatic N) is 2. The molecule has 0 radical (unpaired) electrons. The lowest BCUT2D eigenvalue weighted by atomic mass is 10.00. The van der Waals surface area contributed by atoms with Crippen molar-refractivity contribution in [2.75, 3.05) is 22.9 Å². The standard InChI is InChI=1S/C58H48N2/c1(11-33-59(55-29-13-25-47-43-21-7-3-17-39(43)35-51(47)55)56-30-14-26-48-44-22-8-4-18-40(44)36-52(48)56)2-12-34-60(57-31-15-27-49-45-23-9-5-19-41(45)37-53(49)57)58-32-16-28-50-46-24-10-6-20-42(46)38-54(50)58/h3-10,13-32H,1-2,11-12,33-38H2. The molecule has 0 spiro atoms. The molecule has 0 amide bonds. The second kappa shape index (κ2) is 14.6. The van der Waals surface area contributed by atoms with Gasteiger partial charge in [0.25, 0.3) is 0 Å². The minimum atomic E-state index is 0.992. The third-order valence-corrected chi connectivity index (χ3v) is 14.0. The molecule has 4 aliphatic rings. The summed E-state index contributed by atoms with van der Waals surface area (Å²) in [4.78, 5) is 5.38. The summed E-state index contributed by atoms with van der Waals surface area (Å²) in [6, 6.07) is 64.0. The molecule has 2 heteroatoms. The van der Waals surface area contributed by atoms with E-state index in [4.69, 9.17) is 0 Å². The first-order chi connectivity index (χ1) is 29.8. The van der Waals surface area contributed by atoms with Gasteiger partial charge in [-0.3, -0.25) is 0 Å². The Kier molecular flexibility index (Phi) is 8.58. The van der Waals surface area contributed by atoms with E-state index in [1.165, 1.54) is 125 Å². The molecule has 0 bridgehead atoms. The Morgan fingerprint density at radius 2 is 0.500 bits per heavy atom. The second-order valence-electron chi connectivity index (χ2n) is 17.3. The minimum absolute atomic E-state index is 0.992. The van der Waals surface area contributed by atoms with E-state index in [9.17, 15) is 0 Å². The van der Waals surface area contributed by atoms with Crippen LogP contribution in [-0.4, -0.2) is 13.1 Å². The summed E-state index contributed by atoms with van der Waals surface area (Å²) in [6.45, 7) is 2.00. The van der Waals surface area contributed by atoms with Crippen LogP contribution in [0.5, 0.6) is 0 Å². The maximum atomic E-state index is 2.69. The molecule has 0 aromatic heterocycles. The van der Waals surface area contributed by atoms with E-state index in [1.54, 1.807) is 0 Å². The average Bonchev–Trinajstić information content (AvgIpc) is 4.08. The normalized spacial score (nSPS) is 13.1. The molecule has 0 saturated heterocycles. The lowest BCUT2D eigenvalue weighted by molar-refractivity contribution is 0.643. The predicted octanol–water partition coefficient (Wildman–Crippen LogP) is 14.5. The van der Waals surface area contributed by atoms with Gasteiger partial charge in [0.1, 0.15) is 0 Å². The molecule has 8 aromatic rings. The molecule has 0 aliphatic heterocycles. The Morgan fingerprint density at radius 3 is 0.783 bits per heavy atom. The summed E-state index contributed by atoms with van der Waals surface area (Å²) in [7, 11) is 0. The van der Waals surface area contributed by atoms with Gasteiger partial charge in [-0.2, -0.15) is 0 Å². The lowest BCUT2D eigenvalue weighted by Crippen LogP contribution is -2.22. The molecule has 0 N–H and O–H groups in total. The molecule has 12 rings (SSSR count). The molecular weight excluding hydrogens is 725 g/mol. The van der Waals surface area contributed by atoms with Crippen molar-refractivity contribution in [2.24, 2.45) is 0 Å². The zero-order valence-corrected chi connectivity index (χ0v) is 34.1. The van der Waals surface area contributed by atoms with Gasteiger partial charge in [0.2, 0.25) is 0 Å². The number of unbranched alkanes of at least 4 members (excludes halogenated alkanes) is 3. The molecule has 8 aromatic carbocycles.